The van der Waals surface area contributed by atoms with Gasteiger partial charge in [-0.25, -0.2) is 4.39 Å². The summed E-state index contributed by atoms with van der Waals surface area (Å²) < 4.78 is 17.5. The fraction of sp³-hybridized carbons (Fsp3) is 0.263. The van der Waals surface area contributed by atoms with Crippen molar-refractivity contribution in [3.05, 3.63) is 53.6 Å². The summed E-state index contributed by atoms with van der Waals surface area (Å²) in [5, 5.41) is 3.34. The van der Waals surface area contributed by atoms with E-state index in [1.165, 1.54) is 0 Å². The lowest BCUT2D eigenvalue weighted by atomic mass is 10.1. The molecule has 4 heteroatoms. The SMILES string of the molecule is CCCNc1ccc(C=Cc2ccc(N)c(OCCF)c2)cc1. The van der Waals surface area contributed by atoms with Crippen molar-refractivity contribution in [1.29, 1.82) is 0 Å². The summed E-state index contributed by atoms with van der Waals surface area (Å²) in [6.45, 7) is 2.60. The first-order valence-electron chi connectivity index (χ1n) is 7.83. The van der Waals surface area contributed by atoms with Gasteiger partial charge in [0.15, 0.2) is 0 Å². The first-order valence-corrected chi connectivity index (χ1v) is 7.83. The highest BCUT2D eigenvalue weighted by Gasteiger charge is 2.01. The van der Waals surface area contributed by atoms with Crippen LogP contribution in [0.2, 0.25) is 0 Å². The summed E-state index contributed by atoms with van der Waals surface area (Å²) in [7, 11) is 0. The molecule has 0 aliphatic carbocycles. The fourth-order valence-corrected chi connectivity index (χ4v) is 2.10. The van der Waals surface area contributed by atoms with E-state index < -0.39 is 6.67 Å². The number of ether oxygens (including phenoxy) is 1. The van der Waals surface area contributed by atoms with Crippen molar-refractivity contribution in [1.82, 2.24) is 0 Å². The van der Waals surface area contributed by atoms with E-state index in [9.17, 15) is 4.39 Å². The smallest absolute Gasteiger partial charge is 0.142 e. The van der Waals surface area contributed by atoms with Gasteiger partial charge in [-0.15, -0.1) is 0 Å². The van der Waals surface area contributed by atoms with Crippen LogP contribution in [-0.4, -0.2) is 19.8 Å². The van der Waals surface area contributed by atoms with Crippen LogP contribution < -0.4 is 15.8 Å². The highest BCUT2D eigenvalue weighted by Crippen LogP contribution is 2.24. The van der Waals surface area contributed by atoms with E-state index >= 15 is 0 Å². The van der Waals surface area contributed by atoms with E-state index in [-0.39, 0.29) is 6.61 Å². The highest BCUT2D eigenvalue weighted by molar-refractivity contribution is 5.72. The minimum absolute atomic E-state index is 0.0175. The van der Waals surface area contributed by atoms with Gasteiger partial charge >= 0.3 is 0 Å². The van der Waals surface area contributed by atoms with Crippen LogP contribution in [0.5, 0.6) is 5.75 Å². The Hall–Kier alpha value is -2.49. The van der Waals surface area contributed by atoms with Crippen molar-refractivity contribution < 1.29 is 9.13 Å². The molecule has 0 atom stereocenters. The number of nitrogen functional groups attached to an aromatic ring is 1. The summed E-state index contributed by atoms with van der Waals surface area (Å²) in [4.78, 5) is 0. The molecule has 2 rings (SSSR count). The van der Waals surface area contributed by atoms with E-state index in [1.807, 2.05) is 24.3 Å². The zero-order valence-corrected chi connectivity index (χ0v) is 13.4. The number of halogens is 1. The Kier molecular flexibility index (Phi) is 6.48. The Balaban J connectivity index is 2.04. The second-order valence-electron chi connectivity index (χ2n) is 5.22. The van der Waals surface area contributed by atoms with Gasteiger partial charge in [0.1, 0.15) is 19.0 Å². The van der Waals surface area contributed by atoms with Crippen LogP contribution in [-0.2, 0) is 0 Å². The Morgan fingerprint density at radius 3 is 2.48 bits per heavy atom. The average Bonchev–Trinajstić information content (AvgIpc) is 2.59. The average molecular weight is 314 g/mol. The van der Waals surface area contributed by atoms with Crippen molar-refractivity contribution >= 4 is 23.5 Å². The molecule has 2 aromatic carbocycles. The number of nitrogens with two attached hydrogens (primary N) is 1. The number of rotatable bonds is 8. The topological polar surface area (TPSA) is 47.3 Å². The normalized spacial score (nSPS) is 10.9. The van der Waals surface area contributed by atoms with E-state index in [2.05, 4.69) is 36.5 Å². The van der Waals surface area contributed by atoms with Crippen molar-refractivity contribution in [2.45, 2.75) is 13.3 Å². The van der Waals surface area contributed by atoms with Crippen molar-refractivity contribution in [2.24, 2.45) is 0 Å². The van der Waals surface area contributed by atoms with Crippen LogP contribution in [0, 0.1) is 0 Å². The van der Waals surface area contributed by atoms with E-state index in [0.29, 0.717) is 11.4 Å². The molecule has 23 heavy (non-hydrogen) atoms. The van der Waals surface area contributed by atoms with Crippen molar-refractivity contribution in [3.63, 3.8) is 0 Å². The molecule has 0 radical (unpaired) electrons. The number of hydrogen-bond donors (Lipinski definition) is 2. The minimum atomic E-state index is -0.530. The zero-order valence-electron chi connectivity index (χ0n) is 13.4. The molecule has 0 fully saturated rings. The summed E-state index contributed by atoms with van der Waals surface area (Å²) in [6, 6.07) is 13.7. The second kappa shape index (κ2) is 8.83. The fourth-order valence-electron chi connectivity index (χ4n) is 2.10. The van der Waals surface area contributed by atoms with Crippen LogP contribution in [0.4, 0.5) is 15.8 Å². The third-order valence-electron chi connectivity index (χ3n) is 3.33. The molecule has 0 aliphatic rings. The van der Waals surface area contributed by atoms with Crippen LogP contribution in [0.1, 0.15) is 24.5 Å². The number of alkyl halides is 1. The van der Waals surface area contributed by atoms with E-state index in [0.717, 1.165) is 29.8 Å². The predicted octanol–water partition coefficient (Wildman–Crippen LogP) is 4.61. The summed E-state index contributed by atoms with van der Waals surface area (Å²) >= 11 is 0. The Bertz CT molecular complexity index is 638. The van der Waals surface area contributed by atoms with Gasteiger partial charge in [0.25, 0.3) is 0 Å². The molecule has 0 spiro atoms. The second-order valence-corrected chi connectivity index (χ2v) is 5.22. The van der Waals surface area contributed by atoms with Crippen LogP contribution in [0.15, 0.2) is 42.5 Å². The minimum Gasteiger partial charge on any atom is -0.489 e. The van der Waals surface area contributed by atoms with Crippen molar-refractivity contribution in [3.8, 4) is 5.75 Å². The van der Waals surface area contributed by atoms with Gasteiger partial charge in [-0.1, -0.05) is 37.3 Å². The molecule has 3 nitrogen and oxygen atoms in total. The molecule has 0 heterocycles. The number of benzene rings is 2. The van der Waals surface area contributed by atoms with Crippen LogP contribution in [0.25, 0.3) is 12.2 Å². The molecule has 122 valence electrons. The van der Waals surface area contributed by atoms with E-state index in [1.54, 1.807) is 6.07 Å². The first kappa shape index (κ1) is 16.9. The largest absolute Gasteiger partial charge is 0.489 e. The number of anilines is 2. The van der Waals surface area contributed by atoms with Gasteiger partial charge in [0.05, 0.1) is 5.69 Å². The monoisotopic (exact) mass is 314 g/mol. The molecule has 0 amide bonds. The molecule has 0 aromatic heterocycles. The summed E-state index contributed by atoms with van der Waals surface area (Å²) in [5.41, 5.74) is 9.52. The van der Waals surface area contributed by atoms with Gasteiger partial charge in [-0.05, 0) is 41.8 Å². The molecule has 0 aliphatic heterocycles. The van der Waals surface area contributed by atoms with Crippen LogP contribution in [0.3, 0.4) is 0 Å². The molecule has 0 saturated carbocycles. The highest BCUT2D eigenvalue weighted by atomic mass is 19.1. The van der Waals surface area contributed by atoms with Gasteiger partial charge in [0.2, 0.25) is 0 Å². The Morgan fingerprint density at radius 2 is 1.78 bits per heavy atom. The third kappa shape index (κ3) is 5.33. The Labute approximate surface area is 137 Å². The van der Waals surface area contributed by atoms with Crippen LogP contribution >= 0.6 is 0 Å². The maximum atomic E-state index is 12.2. The molecular formula is C19H23FN2O. The molecule has 2 aromatic rings. The standard InChI is InChI=1S/C19H23FN2O/c1-2-12-22-17-8-5-15(6-9-17)3-4-16-7-10-18(21)19(14-16)23-13-11-20/h3-10,14,22H,2,11-13,21H2,1H3. The number of hydrogen-bond acceptors (Lipinski definition) is 3. The third-order valence-corrected chi connectivity index (χ3v) is 3.33. The van der Waals surface area contributed by atoms with Gasteiger partial charge < -0.3 is 15.8 Å². The molecular weight excluding hydrogens is 291 g/mol. The first-order chi connectivity index (χ1) is 11.2. The summed E-state index contributed by atoms with van der Waals surface area (Å²) in [5.74, 6) is 0.518. The molecule has 0 unspecified atom stereocenters. The lowest BCUT2D eigenvalue weighted by Gasteiger charge is -2.08. The maximum absolute atomic E-state index is 12.2. The Morgan fingerprint density at radius 1 is 1.09 bits per heavy atom. The summed E-state index contributed by atoms with van der Waals surface area (Å²) in [6.07, 6.45) is 5.11. The lowest BCUT2D eigenvalue weighted by molar-refractivity contribution is 0.274. The van der Waals surface area contributed by atoms with Gasteiger partial charge in [-0.3, -0.25) is 0 Å². The number of nitrogens with one attached hydrogen (secondary N) is 1. The van der Waals surface area contributed by atoms with Gasteiger partial charge in [-0.2, -0.15) is 0 Å². The van der Waals surface area contributed by atoms with E-state index in [4.69, 9.17) is 10.5 Å². The molecule has 3 N–H and O–H groups in total. The quantitative estimate of drug-likeness (QED) is 0.552. The molecule has 0 bridgehead atoms. The molecule has 0 saturated heterocycles. The zero-order chi connectivity index (χ0) is 16.5. The van der Waals surface area contributed by atoms with Crippen molar-refractivity contribution in [2.75, 3.05) is 30.9 Å². The predicted molar refractivity (Wildman–Crippen MR) is 96.5 cm³/mol. The lowest BCUT2D eigenvalue weighted by Crippen LogP contribution is -2.01. The van der Waals surface area contributed by atoms with Gasteiger partial charge in [0, 0.05) is 12.2 Å². The maximum Gasteiger partial charge on any atom is 0.142 e.